The summed E-state index contributed by atoms with van der Waals surface area (Å²) in [4.78, 5) is 8.64. The average Bonchev–Trinajstić information content (AvgIpc) is 3.02. The molecule has 0 spiro atoms. The fraction of sp³-hybridized carbons (Fsp3) is 0.381. The molecule has 150 valence electrons. The maximum Gasteiger partial charge on any atom is 0.416 e. The topological polar surface area (TPSA) is 66.5 Å². The lowest BCUT2D eigenvalue weighted by molar-refractivity contribution is -0.137. The molecule has 1 aliphatic rings. The first-order valence-electron chi connectivity index (χ1n) is 9.55. The van der Waals surface area contributed by atoms with Gasteiger partial charge in [-0.2, -0.15) is 23.4 Å². The van der Waals surface area contributed by atoms with E-state index in [1.807, 2.05) is 16.8 Å². The van der Waals surface area contributed by atoms with Gasteiger partial charge in [0.1, 0.15) is 11.6 Å². The van der Waals surface area contributed by atoms with Gasteiger partial charge in [0.15, 0.2) is 5.82 Å². The van der Waals surface area contributed by atoms with Crippen molar-refractivity contribution in [3.63, 3.8) is 0 Å². The number of hydrogen-bond donors (Lipinski definition) is 1. The number of alkyl halides is 3. The van der Waals surface area contributed by atoms with Crippen LogP contribution in [0.15, 0.2) is 36.5 Å². The summed E-state index contributed by atoms with van der Waals surface area (Å²) in [6.07, 6.45) is 1.02. The van der Waals surface area contributed by atoms with Crippen LogP contribution in [-0.2, 0) is 12.7 Å². The Morgan fingerprint density at radius 3 is 2.52 bits per heavy atom. The molecule has 29 heavy (non-hydrogen) atoms. The molecule has 1 aliphatic carbocycles. The van der Waals surface area contributed by atoms with Crippen LogP contribution in [0.4, 0.5) is 19.0 Å². The predicted molar refractivity (Wildman–Crippen MR) is 103 cm³/mol. The summed E-state index contributed by atoms with van der Waals surface area (Å²) in [6.45, 7) is 2.48. The maximum absolute atomic E-state index is 12.8. The minimum absolute atomic E-state index is 0.0908. The standard InChI is InChI=1S/C21H20F3N5/c1-13(15-3-2-4-15)26-20-19-17(27-18(11-25)28-20)9-10-29(19)12-14-5-7-16(8-6-14)21(22,23)24/h5-10,13,15H,2-4,12H2,1H3,(H,26,27,28). The zero-order valence-corrected chi connectivity index (χ0v) is 15.9. The first-order chi connectivity index (χ1) is 13.8. The third-order valence-electron chi connectivity index (χ3n) is 5.57. The van der Waals surface area contributed by atoms with Crippen LogP contribution < -0.4 is 5.32 Å². The number of anilines is 1. The molecule has 8 heteroatoms. The highest BCUT2D eigenvalue weighted by Gasteiger charge is 2.30. The van der Waals surface area contributed by atoms with Crippen molar-refractivity contribution in [2.45, 2.75) is 44.9 Å². The molecule has 3 aromatic rings. The summed E-state index contributed by atoms with van der Waals surface area (Å²) in [6, 6.07) is 9.12. The van der Waals surface area contributed by atoms with Crippen LogP contribution in [0, 0.1) is 17.2 Å². The van der Waals surface area contributed by atoms with Gasteiger partial charge in [0.25, 0.3) is 0 Å². The van der Waals surface area contributed by atoms with E-state index in [-0.39, 0.29) is 11.9 Å². The number of fused-ring (bicyclic) bond motifs is 1. The molecule has 1 saturated carbocycles. The van der Waals surface area contributed by atoms with E-state index in [0.717, 1.165) is 23.2 Å². The van der Waals surface area contributed by atoms with Crippen LogP contribution in [0.3, 0.4) is 0 Å². The molecule has 1 fully saturated rings. The zero-order valence-electron chi connectivity index (χ0n) is 15.9. The Morgan fingerprint density at radius 1 is 1.21 bits per heavy atom. The van der Waals surface area contributed by atoms with E-state index in [1.54, 1.807) is 6.07 Å². The van der Waals surface area contributed by atoms with Crippen LogP contribution in [-0.4, -0.2) is 20.6 Å². The van der Waals surface area contributed by atoms with Gasteiger partial charge in [-0.15, -0.1) is 0 Å². The van der Waals surface area contributed by atoms with Crippen molar-refractivity contribution in [3.05, 3.63) is 53.5 Å². The van der Waals surface area contributed by atoms with E-state index in [4.69, 9.17) is 0 Å². The summed E-state index contributed by atoms with van der Waals surface area (Å²) < 4.78 is 40.3. The molecular formula is C21H20F3N5. The van der Waals surface area contributed by atoms with Crippen molar-refractivity contribution in [1.29, 1.82) is 5.26 Å². The quantitative estimate of drug-likeness (QED) is 0.658. The van der Waals surface area contributed by atoms with Crippen molar-refractivity contribution < 1.29 is 13.2 Å². The van der Waals surface area contributed by atoms with Crippen molar-refractivity contribution in [2.75, 3.05) is 5.32 Å². The zero-order chi connectivity index (χ0) is 20.6. The smallest absolute Gasteiger partial charge is 0.365 e. The van der Waals surface area contributed by atoms with Crippen LogP contribution in [0.5, 0.6) is 0 Å². The van der Waals surface area contributed by atoms with Gasteiger partial charge in [-0.3, -0.25) is 0 Å². The van der Waals surface area contributed by atoms with Crippen molar-refractivity contribution in [1.82, 2.24) is 14.5 Å². The second-order valence-electron chi connectivity index (χ2n) is 7.50. The van der Waals surface area contributed by atoms with Crippen LogP contribution in [0.1, 0.15) is 43.1 Å². The lowest BCUT2D eigenvalue weighted by Gasteiger charge is -2.32. The van der Waals surface area contributed by atoms with Gasteiger partial charge in [-0.25, -0.2) is 4.98 Å². The van der Waals surface area contributed by atoms with Crippen molar-refractivity contribution >= 4 is 16.9 Å². The van der Waals surface area contributed by atoms with E-state index in [2.05, 4.69) is 22.2 Å². The SMILES string of the molecule is CC(Nc1nc(C#N)nc2ccn(Cc3ccc(C(F)(F)F)cc3)c12)C1CCC1. The molecule has 1 atom stereocenters. The number of halogens is 3. The summed E-state index contributed by atoms with van der Waals surface area (Å²) in [5, 5.41) is 12.7. The minimum Gasteiger partial charge on any atom is -0.365 e. The van der Waals surface area contributed by atoms with Gasteiger partial charge in [-0.1, -0.05) is 18.6 Å². The molecule has 0 saturated heterocycles. The summed E-state index contributed by atoms with van der Waals surface area (Å²) in [5.74, 6) is 1.25. The Kier molecular flexibility index (Phi) is 4.91. The maximum atomic E-state index is 12.8. The van der Waals surface area contributed by atoms with E-state index < -0.39 is 11.7 Å². The monoisotopic (exact) mass is 399 g/mol. The number of nitrogens with zero attached hydrogens (tertiary/aromatic N) is 4. The van der Waals surface area contributed by atoms with Crippen molar-refractivity contribution in [2.24, 2.45) is 5.92 Å². The molecule has 2 aromatic heterocycles. The first kappa shape index (κ1) is 19.2. The van der Waals surface area contributed by atoms with Gasteiger partial charge in [-0.05, 0) is 49.4 Å². The number of nitrogens with one attached hydrogen (secondary N) is 1. The number of benzene rings is 1. The Morgan fingerprint density at radius 2 is 1.93 bits per heavy atom. The molecule has 0 aliphatic heterocycles. The largest absolute Gasteiger partial charge is 0.416 e. The van der Waals surface area contributed by atoms with Gasteiger partial charge in [0.2, 0.25) is 5.82 Å². The third-order valence-corrected chi connectivity index (χ3v) is 5.57. The average molecular weight is 399 g/mol. The molecule has 4 rings (SSSR count). The van der Waals surface area contributed by atoms with Gasteiger partial charge < -0.3 is 9.88 Å². The number of nitriles is 1. The number of hydrogen-bond acceptors (Lipinski definition) is 4. The highest BCUT2D eigenvalue weighted by Crippen LogP contribution is 2.33. The fourth-order valence-corrected chi connectivity index (χ4v) is 3.66. The predicted octanol–water partition coefficient (Wildman–Crippen LogP) is 4.97. The first-order valence-corrected chi connectivity index (χ1v) is 9.55. The Labute approximate surface area is 166 Å². The van der Waals surface area contributed by atoms with Gasteiger partial charge in [0, 0.05) is 18.8 Å². The molecule has 1 N–H and O–H groups in total. The van der Waals surface area contributed by atoms with Gasteiger partial charge in [0.05, 0.1) is 11.1 Å². The number of rotatable bonds is 5. The lowest BCUT2D eigenvalue weighted by Crippen LogP contribution is -2.31. The van der Waals surface area contributed by atoms with E-state index in [0.29, 0.717) is 23.8 Å². The Bertz CT molecular complexity index is 1060. The van der Waals surface area contributed by atoms with Crippen LogP contribution in [0.25, 0.3) is 11.0 Å². The van der Waals surface area contributed by atoms with Crippen LogP contribution >= 0.6 is 0 Å². The molecule has 0 radical (unpaired) electrons. The summed E-state index contributed by atoms with van der Waals surface area (Å²) in [5.41, 5.74) is 1.44. The Hall–Kier alpha value is -3.08. The van der Waals surface area contributed by atoms with Gasteiger partial charge >= 0.3 is 6.18 Å². The highest BCUT2D eigenvalue weighted by atomic mass is 19.4. The number of aromatic nitrogens is 3. The lowest BCUT2D eigenvalue weighted by atomic mass is 9.80. The molecule has 5 nitrogen and oxygen atoms in total. The Balaban J connectivity index is 1.66. The highest BCUT2D eigenvalue weighted by molar-refractivity contribution is 5.87. The molecular weight excluding hydrogens is 379 g/mol. The van der Waals surface area contributed by atoms with E-state index in [1.165, 1.54) is 31.4 Å². The molecule has 2 heterocycles. The molecule has 1 aromatic carbocycles. The summed E-state index contributed by atoms with van der Waals surface area (Å²) in [7, 11) is 0. The third kappa shape index (κ3) is 3.90. The fourth-order valence-electron chi connectivity index (χ4n) is 3.66. The van der Waals surface area contributed by atoms with Crippen molar-refractivity contribution in [3.8, 4) is 6.07 Å². The molecule has 0 bridgehead atoms. The molecule has 0 amide bonds. The van der Waals surface area contributed by atoms with E-state index in [9.17, 15) is 18.4 Å². The van der Waals surface area contributed by atoms with Crippen LogP contribution in [0.2, 0.25) is 0 Å². The second kappa shape index (κ2) is 7.39. The summed E-state index contributed by atoms with van der Waals surface area (Å²) >= 11 is 0. The minimum atomic E-state index is -4.35. The molecule has 1 unspecified atom stereocenters. The van der Waals surface area contributed by atoms with E-state index >= 15 is 0 Å². The normalized spacial score (nSPS) is 15.7. The second-order valence-corrected chi connectivity index (χ2v) is 7.50.